The highest BCUT2D eigenvalue weighted by Crippen LogP contribution is 2.30. The van der Waals surface area contributed by atoms with Crippen LogP contribution in [0.1, 0.15) is 6.92 Å². The molecule has 0 spiro atoms. The highest BCUT2D eigenvalue weighted by atomic mass is 32.2. The van der Waals surface area contributed by atoms with Crippen LogP contribution in [0.4, 0.5) is 11.4 Å². The number of hydrogen-bond donors (Lipinski definition) is 2. The van der Waals surface area contributed by atoms with Crippen molar-refractivity contribution in [2.75, 3.05) is 57.2 Å². The fourth-order valence-electron chi connectivity index (χ4n) is 3.16. The summed E-state index contributed by atoms with van der Waals surface area (Å²) in [5, 5.41) is 5.76. The summed E-state index contributed by atoms with van der Waals surface area (Å²) in [5.41, 5.74) is 1.06. The summed E-state index contributed by atoms with van der Waals surface area (Å²) in [7, 11) is -2.38. The van der Waals surface area contributed by atoms with Crippen LogP contribution in [0, 0.1) is 0 Å². The summed E-state index contributed by atoms with van der Waals surface area (Å²) >= 11 is 0. The monoisotopic (exact) mass is 449 g/mol. The number of methoxy groups -OCH3 is 1. The second-order valence-electron chi connectivity index (χ2n) is 6.71. The van der Waals surface area contributed by atoms with Crippen LogP contribution < -0.4 is 20.1 Å². The lowest BCUT2D eigenvalue weighted by Crippen LogP contribution is -2.40. The molecule has 0 aliphatic carbocycles. The molecule has 1 aliphatic heterocycles. The van der Waals surface area contributed by atoms with Crippen LogP contribution in [0.2, 0.25) is 0 Å². The van der Waals surface area contributed by atoms with Gasteiger partial charge in [-0.05, 0) is 37.3 Å². The molecule has 0 bridgehead atoms. The van der Waals surface area contributed by atoms with Crippen LogP contribution in [0.25, 0.3) is 0 Å². The third-order valence-corrected chi connectivity index (χ3v) is 6.58. The number of anilines is 2. The summed E-state index contributed by atoms with van der Waals surface area (Å²) in [4.78, 5) is 12.5. The normalized spacial score (nSPS) is 14.6. The number of para-hydroxylation sites is 2. The van der Waals surface area contributed by atoms with E-state index >= 15 is 0 Å². The molecule has 1 saturated heterocycles. The van der Waals surface area contributed by atoms with Gasteiger partial charge in [-0.15, -0.1) is 0 Å². The zero-order valence-corrected chi connectivity index (χ0v) is 18.4. The fourth-order valence-corrected chi connectivity index (χ4v) is 4.75. The van der Waals surface area contributed by atoms with Crippen molar-refractivity contribution in [3.63, 3.8) is 0 Å². The first kappa shape index (κ1) is 22.9. The maximum Gasteiger partial charge on any atom is 0.246 e. The van der Waals surface area contributed by atoms with Gasteiger partial charge >= 0.3 is 0 Å². The number of ether oxygens (including phenoxy) is 3. The molecule has 1 amide bonds. The van der Waals surface area contributed by atoms with Gasteiger partial charge in [-0.3, -0.25) is 4.79 Å². The van der Waals surface area contributed by atoms with Crippen LogP contribution in [0.3, 0.4) is 0 Å². The van der Waals surface area contributed by atoms with Gasteiger partial charge < -0.3 is 24.8 Å². The molecule has 1 fully saturated rings. The van der Waals surface area contributed by atoms with Crippen LogP contribution in [-0.2, 0) is 19.6 Å². The lowest BCUT2D eigenvalue weighted by Gasteiger charge is -2.26. The third kappa shape index (κ3) is 5.66. The topological polar surface area (TPSA) is 106 Å². The van der Waals surface area contributed by atoms with Gasteiger partial charge in [0.15, 0.2) is 0 Å². The molecule has 1 heterocycles. The first-order valence-corrected chi connectivity index (χ1v) is 11.4. The number of nitrogens with one attached hydrogen (secondary N) is 2. The van der Waals surface area contributed by atoms with Crippen LogP contribution in [0.5, 0.6) is 11.5 Å². The Hall–Kier alpha value is -2.82. The van der Waals surface area contributed by atoms with Crippen molar-refractivity contribution in [3.05, 3.63) is 42.5 Å². The Kier molecular flexibility index (Phi) is 7.72. The lowest BCUT2D eigenvalue weighted by atomic mass is 10.3. The molecule has 2 aromatic carbocycles. The highest BCUT2D eigenvalue weighted by Gasteiger charge is 2.29. The predicted molar refractivity (Wildman–Crippen MR) is 117 cm³/mol. The molecule has 9 nitrogen and oxygen atoms in total. The molecular weight excluding hydrogens is 422 g/mol. The summed E-state index contributed by atoms with van der Waals surface area (Å²) in [6.07, 6.45) is 0. The average Bonchev–Trinajstić information content (AvgIpc) is 2.79. The number of amides is 1. The van der Waals surface area contributed by atoms with E-state index in [-0.39, 0.29) is 36.2 Å². The first-order chi connectivity index (χ1) is 15.0. The van der Waals surface area contributed by atoms with Crippen molar-refractivity contribution >= 4 is 27.3 Å². The molecular formula is C21H27N3O6S. The number of morpholine rings is 1. The van der Waals surface area contributed by atoms with Crippen molar-refractivity contribution in [2.45, 2.75) is 11.8 Å². The van der Waals surface area contributed by atoms with E-state index in [1.165, 1.54) is 23.5 Å². The zero-order chi connectivity index (χ0) is 22.3. The van der Waals surface area contributed by atoms with Gasteiger partial charge in [0.05, 0.1) is 39.2 Å². The third-order valence-electron chi connectivity index (χ3n) is 4.66. The molecule has 31 heavy (non-hydrogen) atoms. The van der Waals surface area contributed by atoms with E-state index < -0.39 is 10.0 Å². The number of rotatable bonds is 9. The van der Waals surface area contributed by atoms with Gasteiger partial charge in [-0.2, -0.15) is 4.31 Å². The Morgan fingerprint density at radius 2 is 1.87 bits per heavy atom. The van der Waals surface area contributed by atoms with Crippen LogP contribution in [0.15, 0.2) is 47.4 Å². The van der Waals surface area contributed by atoms with Crippen molar-refractivity contribution in [2.24, 2.45) is 0 Å². The Morgan fingerprint density at radius 3 is 2.58 bits per heavy atom. The number of hydrogen-bond acceptors (Lipinski definition) is 7. The van der Waals surface area contributed by atoms with Gasteiger partial charge in [0.1, 0.15) is 16.4 Å². The second-order valence-corrected chi connectivity index (χ2v) is 8.62. The minimum atomic E-state index is -3.79. The van der Waals surface area contributed by atoms with E-state index in [0.29, 0.717) is 36.9 Å². The van der Waals surface area contributed by atoms with Crippen molar-refractivity contribution in [1.29, 1.82) is 0 Å². The standard InChI is InChI=1S/C21H27N3O6S/c1-3-30-18-7-5-4-6-17(18)22-15-21(25)23-16-8-9-19(28-2)20(14-16)31(26,27)24-10-12-29-13-11-24/h4-9,14,22H,3,10-13,15H2,1-2H3,(H,23,25). The summed E-state index contributed by atoms with van der Waals surface area (Å²) < 4.78 is 43.5. The molecule has 0 radical (unpaired) electrons. The Bertz CT molecular complexity index is 1010. The molecule has 2 aromatic rings. The van der Waals surface area contributed by atoms with Gasteiger partial charge in [-0.25, -0.2) is 8.42 Å². The largest absolute Gasteiger partial charge is 0.495 e. The van der Waals surface area contributed by atoms with E-state index in [2.05, 4.69) is 10.6 Å². The average molecular weight is 450 g/mol. The highest BCUT2D eigenvalue weighted by molar-refractivity contribution is 7.89. The SMILES string of the molecule is CCOc1ccccc1NCC(=O)Nc1ccc(OC)c(S(=O)(=O)N2CCOCC2)c1. The molecule has 0 atom stereocenters. The quantitative estimate of drug-likeness (QED) is 0.604. The minimum absolute atomic E-state index is 0.00403. The van der Waals surface area contributed by atoms with Crippen molar-refractivity contribution in [3.8, 4) is 11.5 Å². The fraction of sp³-hybridized carbons (Fsp3) is 0.381. The van der Waals surface area contributed by atoms with E-state index in [1.54, 1.807) is 6.07 Å². The molecule has 0 unspecified atom stereocenters. The molecule has 0 aromatic heterocycles. The molecule has 2 N–H and O–H groups in total. The lowest BCUT2D eigenvalue weighted by molar-refractivity contribution is -0.114. The minimum Gasteiger partial charge on any atom is -0.495 e. The van der Waals surface area contributed by atoms with Crippen molar-refractivity contribution < 1.29 is 27.4 Å². The zero-order valence-electron chi connectivity index (χ0n) is 17.6. The Labute approximate surface area is 182 Å². The molecule has 10 heteroatoms. The molecule has 0 saturated carbocycles. The Balaban J connectivity index is 1.72. The Morgan fingerprint density at radius 1 is 1.13 bits per heavy atom. The van der Waals surface area contributed by atoms with E-state index in [9.17, 15) is 13.2 Å². The number of carbonyl (C=O) groups excluding carboxylic acids is 1. The van der Waals surface area contributed by atoms with E-state index in [4.69, 9.17) is 14.2 Å². The molecule has 1 aliphatic rings. The second kappa shape index (κ2) is 10.5. The van der Waals surface area contributed by atoms with Crippen LogP contribution >= 0.6 is 0 Å². The van der Waals surface area contributed by atoms with Crippen LogP contribution in [-0.4, -0.2) is 65.2 Å². The van der Waals surface area contributed by atoms with E-state index in [1.807, 2.05) is 31.2 Å². The van der Waals surface area contributed by atoms with Gasteiger partial charge in [-0.1, -0.05) is 12.1 Å². The maximum atomic E-state index is 13.1. The van der Waals surface area contributed by atoms with Gasteiger partial charge in [0.25, 0.3) is 0 Å². The molecule has 168 valence electrons. The van der Waals surface area contributed by atoms with Crippen molar-refractivity contribution in [1.82, 2.24) is 4.31 Å². The summed E-state index contributed by atoms with van der Waals surface area (Å²) in [6, 6.07) is 11.9. The number of sulfonamides is 1. The van der Waals surface area contributed by atoms with Gasteiger partial charge in [0.2, 0.25) is 15.9 Å². The summed E-state index contributed by atoms with van der Waals surface area (Å²) in [6.45, 7) is 3.60. The smallest absolute Gasteiger partial charge is 0.246 e. The van der Waals surface area contributed by atoms with E-state index in [0.717, 1.165) is 0 Å². The maximum absolute atomic E-state index is 13.1. The summed E-state index contributed by atoms with van der Waals surface area (Å²) in [5.74, 6) is 0.542. The van der Waals surface area contributed by atoms with Gasteiger partial charge in [0, 0.05) is 18.8 Å². The number of benzene rings is 2. The molecule has 3 rings (SSSR count). The predicted octanol–water partition coefficient (Wildman–Crippen LogP) is 2.17. The number of carbonyl (C=O) groups is 1. The first-order valence-electron chi connectivity index (χ1n) is 9.97. The number of nitrogens with zero attached hydrogens (tertiary/aromatic N) is 1.